The summed E-state index contributed by atoms with van der Waals surface area (Å²) in [5.41, 5.74) is 7.68. The highest BCUT2D eigenvalue weighted by molar-refractivity contribution is 5.33. The van der Waals surface area contributed by atoms with Gasteiger partial charge in [-0.3, -0.25) is 4.98 Å². The molecule has 0 saturated carbocycles. The Labute approximate surface area is 112 Å². The van der Waals surface area contributed by atoms with Gasteiger partial charge in [0.1, 0.15) is 17.7 Å². The van der Waals surface area contributed by atoms with Gasteiger partial charge in [-0.1, -0.05) is 0 Å². The summed E-state index contributed by atoms with van der Waals surface area (Å²) in [6.07, 6.45) is 3.11. The van der Waals surface area contributed by atoms with Crippen molar-refractivity contribution in [2.24, 2.45) is 5.73 Å². The zero-order valence-electron chi connectivity index (χ0n) is 11.0. The van der Waals surface area contributed by atoms with Crippen LogP contribution in [0.15, 0.2) is 42.7 Å². The third-order valence-corrected chi connectivity index (χ3v) is 2.90. The van der Waals surface area contributed by atoms with Crippen LogP contribution in [0.2, 0.25) is 0 Å². The Kier molecular flexibility index (Phi) is 4.12. The second kappa shape index (κ2) is 5.80. The molecule has 2 unspecified atom stereocenters. The van der Waals surface area contributed by atoms with Crippen molar-refractivity contribution >= 4 is 0 Å². The van der Waals surface area contributed by atoms with E-state index in [-0.39, 0.29) is 18.0 Å². The van der Waals surface area contributed by atoms with Crippen molar-refractivity contribution in [2.75, 3.05) is 0 Å². The number of hydrogen-bond donors (Lipinski definition) is 1. The van der Waals surface area contributed by atoms with Gasteiger partial charge in [-0.2, -0.15) is 0 Å². The van der Waals surface area contributed by atoms with Crippen molar-refractivity contribution in [1.82, 2.24) is 4.98 Å². The van der Waals surface area contributed by atoms with Gasteiger partial charge in [-0.15, -0.1) is 0 Å². The molecule has 0 fully saturated rings. The molecule has 2 N–H and O–H groups in total. The van der Waals surface area contributed by atoms with Crippen molar-refractivity contribution < 1.29 is 9.13 Å². The Morgan fingerprint density at radius 2 is 1.89 bits per heavy atom. The summed E-state index contributed by atoms with van der Waals surface area (Å²) in [6.45, 7) is 3.69. The van der Waals surface area contributed by atoms with Crippen LogP contribution in [0.5, 0.6) is 5.75 Å². The van der Waals surface area contributed by atoms with Gasteiger partial charge in [-0.05, 0) is 55.3 Å². The lowest BCUT2D eigenvalue weighted by Crippen LogP contribution is -2.29. The Balaban J connectivity index is 2.27. The maximum atomic E-state index is 13.1. The SMILES string of the molecule is Cc1cc(F)ccc1OC(c1ccncc1)C(C)N. The van der Waals surface area contributed by atoms with E-state index in [9.17, 15) is 4.39 Å². The largest absolute Gasteiger partial charge is 0.484 e. The first-order valence-corrected chi connectivity index (χ1v) is 6.16. The van der Waals surface area contributed by atoms with E-state index in [0.29, 0.717) is 5.75 Å². The van der Waals surface area contributed by atoms with Gasteiger partial charge in [0.25, 0.3) is 0 Å². The van der Waals surface area contributed by atoms with Crippen molar-refractivity contribution in [3.8, 4) is 5.75 Å². The van der Waals surface area contributed by atoms with Crippen molar-refractivity contribution in [3.63, 3.8) is 0 Å². The predicted octanol–water partition coefficient (Wildman–Crippen LogP) is 3.00. The van der Waals surface area contributed by atoms with E-state index in [0.717, 1.165) is 11.1 Å². The number of ether oxygens (including phenoxy) is 1. The zero-order valence-corrected chi connectivity index (χ0v) is 11.0. The lowest BCUT2D eigenvalue weighted by Gasteiger charge is -2.23. The number of halogens is 1. The van der Waals surface area contributed by atoms with E-state index < -0.39 is 0 Å². The number of benzene rings is 1. The van der Waals surface area contributed by atoms with Gasteiger partial charge in [0.15, 0.2) is 0 Å². The van der Waals surface area contributed by atoms with Crippen LogP contribution in [0.3, 0.4) is 0 Å². The molecule has 1 aromatic heterocycles. The van der Waals surface area contributed by atoms with E-state index in [4.69, 9.17) is 10.5 Å². The molecule has 19 heavy (non-hydrogen) atoms. The lowest BCUT2D eigenvalue weighted by molar-refractivity contribution is 0.179. The highest BCUT2D eigenvalue weighted by Crippen LogP contribution is 2.27. The highest BCUT2D eigenvalue weighted by atomic mass is 19.1. The van der Waals surface area contributed by atoms with E-state index >= 15 is 0 Å². The van der Waals surface area contributed by atoms with Gasteiger partial charge >= 0.3 is 0 Å². The monoisotopic (exact) mass is 260 g/mol. The molecule has 100 valence electrons. The molecule has 0 bridgehead atoms. The third kappa shape index (κ3) is 3.29. The zero-order chi connectivity index (χ0) is 13.8. The summed E-state index contributed by atoms with van der Waals surface area (Å²) in [5.74, 6) is 0.367. The summed E-state index contributed by atoms with van der Waals surface area (Å²) < 4.78 is 19.0. The standard InChI is InChI=1S/C15H17FN2O/c1-10-9-13(16)3-4-14(10)19-15(11(2)17)12-5-7-18-8-6-12/h3-9,11,15H,17H2,1-2H3. The van der Waals surface area contributed by atoms with Crippen molar-refractivity contribution in [1.29, 1.82) is 0 Å². The molecular formula is C15H17FN2O. The topological polar surface area (TPSA) is 48.1 Å². The summed E-state index contributed by atoms with van der Waals surface area (Å²) in [6, 6.07) is 8.00. The minimum Gasteiger partial charge on any atom is -0.484 e. The Bertz CT molecular complexity index is 543. The van der Waals surface area contributed by atoms with Gasteiger partial charge < -0.3 is 10.5 Å². The summed E-state index contributed by atoms with van der Waals surface area (Å²) >= 11 is 0. The van der Waals surface area contributed by atoms with Gasteiger partial charge in [-0.25, -0.2) is 4.39 Å². The van der Waals surface area contributed by atoms with E-state index in [2.05, 4.69) is 4.98 Å². The normalized spacial score (nSPS) is 13.9. The minimum absolute atomic E-state index is 0.188. The Morgan fingerprint density at radius 3 is 2.47 bits per heavy atom. The van der Waals surface area contributed by atoms with Crippen LogP contribution in [0, 0.1) is 12.7 Å². The lowest BCUT2D eigenvalue weighted by atomic mass is 10.1. The summed E-state index contributed by atoms with van der Waals surface area (Å²) in [7, 11) is 0. The fourth-order valence-corrected chi connectivity index (χ4v) is 1.91. The third-order valence-electron chi connectivity index (χ3n) is 2.90. The van der Waals surface area contributed by atoms with Crippen molar-refractivity contribution in [3.05, 3.63) is 59.7 Å². The molecule has 0 saturated heterocycles. The van der Waals surface area contributed by atoms with E-state index in [1.165, 1.54) is 12.1 Å². The molecule has 0 aliphatic heterocycles. The number of pyridine rings is 1. The molecule has 2 aromatic rings. The molecule has 0 aliphatic carbocycles. The van der Waals surface area contributed by atoms with Crippen LogP contribution in [0.25, 0.3) is 0 Å². The molecule has 0 spiro atoms. The molecule has 1 aromatic carbocycles. The molecule has 0 aliphatic rings. The maximum Gasteiger partial charge on any atom is 0.139 e. The first-order chi connectivity index (χ1) is 9.08. The van der Waals surface area contributed by atoms with Gasteiger partial charge in [0.2, 0.25) is 0 Å². The minimum atomic E-state index is -0.285. The molecule has 0 amide bonds. The Morgan fingerprint density at radius 1 is 1.21 bits per heavy atom. The molecule has 4 heteroatoms. The van der Waals surface area contributed by atoms with Crippen LogP contribution in [0.1, 0.15) is 24.2 Å². The Hall–Kier alpha value is -1.94. The molecule has 3 nitrogen and oxygen atoms in total. The number of aromatic nitrogens is 1. The summed E-state index contributed by atoms with van der Waals surface area (Å²) in [5, 5.41) is 0. The fourth-order valence-electron chi connectivity index (χ4n) is 1.91. The van der Waals surface area contributed by atoms with Crippen LogP contribution < -0.4 is 10.5 Å². The average Bonchev–Trinajstić information content (AvgIpc) is 2.38. The molecule has 2 atom stereocenters. The van der Waals surface area contributed by atoms with E-state index in [1.54, 1.807) is 18.5 Å². The molecule has 0 radical (unpaired) electrons. The second-order valence-electron chi connectivity index (χ2n) is 4.59. The van der Waals surface area contributed by atoms with Crippen LogP contribution >= 0.6 is 0 Å². The van der Waals surface area contributed by atoms with Crippen LogP contribution in [-0.4, -0.2) is 11.0 Å². The molecular weight excluding hydrogens is 243 g/mol. The smallest absolute Gasteiger partial charge is 0.139 e. The number of nitrogens with two attached hydrogens (primary N) is 1. The number of rotatable bonds is 4. The van der Waals surface area contributed by atoms with E-state index in [1.807, 2.05) is 26.0 Å². The first-order valence-electron chi connectivity index (χ1n) is 6.16. The second-order valence-corrected chi connectivity index (χ2v) is 4.59. The maximum absolute atomic E-state index is 13.1. The van der Waals surface area contributed by atoms with Crippen molar-refractivity contribution in [2.45, 2.75) is 26.0 Å². The molecule has 1 heterocycles. The number of aryl methyl sites for hydroxylation is 1. The highest BCUT2D eigenvalue weighted by Gasteiger charge is 2.19. The first kappa shape index (κ1) is 13.5. The van der Waals surface area contributed by atoms with Crippen LogP contribution in [0.4, 0.5) is 4.39 Å². The average molecular weight is 260 g/mol. The predicted molar refractivity (Wildman–Crippen MR) is 72.4 cm³/mol. The number of hydrogen-bond acceptors (Lipinski definition) is 3. The quantitative estimate of drug-likeness (QED) is 0.919. The van der Waals surface area contributed by atoms with Crippen LogP contribution in [-0.2, 0) is 0 Å². The van der Waals surface area contributed by atoms with Gasteiger partial charge in [0.05, 0.1) is 0 Å². The molecule has 2 rings (SSSR count). The number of nitrogens with zero attached hydrogens (tertiary/aromatic N) is 1. The fraction of sp³-hybridized carbons (Fsp3) is 0.267. The van der Waals surface area contributed by atoms with Gasteiger partial charge in [0, 0.05) is 18.4 Å². The summed E-state index contributed by atoms with van der Waals surface area (Å²) in [4.78, 5) is 3.98.